The highest BCUT2D eigenvalue weighted by molar-refractivity contribution is 9.11. The van der Waals surface area contributed by atoms with Gasteiger partial charge in [-0.05, 0) is 22.0 Å². The number of aromatic carboxylic acids is 1. The Kier molecular flexibility index (Phi) is 3.75. The molecule has 1 heterocycles. The first-order valence-electron chi connectivity index (χ1n) is 4.56. The Morgan fingerprint density at radius 2 is 2.00 bits per heavy atom. The minimum Gasteiger partial charge on any atom is -0.477 e. The van der Waals surface area contributed by atoms with Gasteiger partial charge >= 0.3 is 5.97 Å². The van der Waals surface area contributed by atoms with Crippen molar-refractivity contribution in [2.24, 2.45) is 5.41 Å². The van der Waals surface area contributed by atoms with Crippen molar-refractivity contribution in [3.8, 4) is 0 Å². The van der Waals surface area contributed by atoms with Crippen LogP contribution in [0.15, 0.2) is 9.85 Å². The molecule has 2 N–H and O–H groups in total. The molecule has 0 bridgehead atoms. The maximum atomic E-state index is 11.7. The Labute approximate surface area is 106 Å². The number of hydrogen-bond donors (Lipinski definition) is 2. The molecule has 0 saturated carbocycles. The van der Waals surface area contributed by atoms with Crippen molar-refractivity contribution in [2.75, 3.05) is 5.32 Å². The van der Waals surface area contributed by atoms with Crippen molar-refractivity contribution in [2.45, 2.75) is 20.8 Å². The highest BCUT2D eigenvalue weighted by Gasteiger charge is 2.24. The topological polar surface area (TPSA) is 66.4 Å². The van der Waals surface area contributed by atoms with Gasteiger partial charge in [-0.2, -0.15) is 0 Å². The van der Waals surface area contributed by atoms with Gasteiger partial charge in [-0.3, -0.25) is 4.79 Å². The van der Waals surface area contributed by atoms with Gasteiger partial charge in [0.2, 0.25) is 5.91 Å². The number of hydrogen-bond acceptors (Lipinski definition) is 3. The van der Waals surface area contributed by atoms with Gasteiger partial charge in [-0.25, -0.2) is 4.79 Å². The maximum absolute atomic E-state index is 11.7. The lowest BCUT2D eigenvalue weighted by Crippen LogP contribution is -2.28. The molecule has 6 heteroatoms. The molecule has 0 aromatic carbocycles. The molecule has 4 nitrogen and oxygen atoms in total. The SMILES string of the molecule is CC(C)(C)C(=O)Nc1cc(Br)sc1C(=O)O. The molecule has 0 radical (unpaired) electrons. The van der Waals surface area contributed by atoms with Gasteiger partial charge in [-0.15, -0.1) is 11.3 Å². The summed E-state index contributed by atoms with van der Waals surface area (Å²) in [5.74, 6) is -1.25. The predicted molar refractivity (Wildman–Crippen MR) is 67.1 cm³/mol. The molecule has 0 spiro atoms. The Bertz CT molecular complexity index is 434. The van der Waals surface area contributed by atoms with E-state index in [-0.39, 0.29) is 10.8 Å². The summed E-state index contributed by atoms with van der Waals surface area (Å²) in [6.45, 7) is 5.30. The van der Waals surface area contributed by atoms with Crippen molar-refractivity contribution < 1.29 is 14.7 Å². The summed E-state index contributed by atoms with van der Waals surface area (Å²) in [6.07, 6.45) is 0. The zero-order chi connectivity index (χ0) is 12.5. The molecular formula is C10H12BrNO3S. The number of carbonyl (C=O) groups is 2. The van der Waals surface area contributed by atoms with Gasteiger partial charge < -0.3 is 10.4 Å². The van der Waals surface area contributed by atoms with Crippen molar-refractivity contribution in [1.29, 1.82) is 0 Å². The second-order valence-electron chi connectivity index (χ2n) is 4.30. The second-order valence-corrected chi connectivity index (χ2v) is 6.73. The van der Waals surface area contributed by atoms with Crippen LogP contribution in [-0.4, -0.2) is 17.0 Å². The van der Waals surface area contributed by atoms with E-state index >= 15 is 0 Å². The second kappa shape index (κ2) is 4.55. The monoisotopic (exact) mass is 305 g/mol. The van der Waals surface area contributed by atoms with Crippen molar-refractivity contribution in [3.05, 3.63) is 14.7 Å². The van der Waals surface area contributed by atoms with E-state index in [2.05, 4.69) is 21.2 Å². The zero-order valence-electron chi connectivity index (χ0n) is 9.13. The van der Waals surface area contributed by atoms with Crippen LogP contribution >= 0.6 is 27.3 Å². The Morgan fingerprint density at radius 1 is 1.44 bits per heavy atom. The van der Waals surface area contributed by atoms with Crippen LogP contribution in [0.5, 0.6) is 0 Å². The Balaban J connectivity index is 2.98. The molecule has 0 unspecified atom stereocenters. The fourth-order valence-corrected chi connectivity index (χ4v) is 2.32. The number of halogens is 1. The smallest absolute Gasteiger partial charge is 0.348 e. The van der Waals surface area contributed by atoms with Crippen LogP contribution in [0.2, 0.25) is 0 Å². The number of amides is 1. The van der Waals surface area contributed by atoms with E-state index in [9.17, 15) is 9.59 Å². The third kappa shape index (κ3) is 3.05. The number of nitrogens with one attached hydrogen (secondary N) is 1. The molecule has 0 aliphatic carbocycles. The summed E-state index contributed by atoms with van der Waals surface area (Å²) < 4.78 is 0.675. The summed E-state index contributed by atoms with van der Waals surface area (Å²) in [5.41, 5.74) is -0.214. The van der Waals surface area contributed by atoms with Crippen LogP contribution in [-0.2, 0) is 4.79 Å². The van der Waals surface area contributed by atoms with Crippen molar-refractivity contribution >= 4 is 44.8 Å². The lowest BCUT2D eigenvalue weighted by molar-refractivity contribution is -0.123. The van der Waals surface area contributed by atoms with Crippen LogP contribution in [0.25, 0.3) is 0 Å². The number of carboxylic acid groups (broad SMARTS) is 1. The summed E-state index contributed by atoms with van der Waals surface area (Å²) in [7, 11) is 0. The van der Waals surface area contributed by atoms with Gasteiger partial charge in [0.1, 0.15) is 4.88 Å². The van der Waals surface area contributed by atoms with Gasteiger partial charge in [-0.1, -0.05) is 20.8 Å². The first kappa shape index (κ1) is 13.2. The molecule has 0 aliphatic heterocycles. The highest BCUT2D eigenvalue weighted by atomic mass is 79.9. The summed E-state index contributed by atoms with van der Waals surface area (Å²) >= 11 is 4.27. The number of rotatable bonds is 2. The normalized spacial score (nSPS) is 11.2. The summed E-state index contributed by atoms with van der Waals surface area (Å²) in [6, 6.07) is 1.60. The van der Waals surface area contributed by atoms with Gasteiger partial charge in [0.05, 0.1) is 9.47 Å². The number of thiophene rings is 1. The van der Waals surface area contributed by atoms with E-state index in [0.29, 0.717) is 9.47 Å². The zero-order valence-corrected chi connectivity index (χ0v) is 11.5. The lowest BCUT2D eigenvalue weighted by Gasteiger charge is -2.17. The fraction of sp³-hybridized carbons (Fsp3) is 0.400. The van der Waals surface area contributed by atoms with E-state index in [1.54, 1.807) is 26.8 Å². The van der Waals surface area contributed by atoms with E-state index in [1.807, 2.05) is 0 Å². The van der Waals surface area contributed by atoms with Gasteiger partial charge in [0, 0.05) is 5.41 Å². The highest BCUT2D eigenvalue weighted by Crippen LogP contribution is 2.32. The molecule has 0 atom stereocenters. The van der Waals surface area contributed by atoms with Gasteiger partial charge in [0.25, 0.3) is 0 Å². The molecule has 1 amide bonds. The van der Waals surface area contributed by atoms with E-state index in [1.165, 1.54) is 0 Å². The van der Waals surface area contributed by atoms with E-state index < -0.39 is 11.4 Å². The Morgan fingerprint density at radius 3 is 2.44 bits per heavy atom. The van der Waals surface area contributed by atoms with Crippen molar-refractivity contribution in [1.82, 2.24) is 0 Å². The standard InChI is InChI=1S/C10H12BrNO3S/c1-10(2,3)9(15)12-5-4-6(11)16-7(5)8(13)14/h4H,1-3H3,(H,12,15)(H,13,14). The van der Waals surface area contributed by atoms with E-state index in [4.69, 9.17) is 5.11 Å². The molecule has 16 heavy (non-hydrogen) atoms. The van der Waals surface area contributed by atoms with Gasteiger partial charge in [0.15, 0.2) is 0 Å². The van der Waals surface area contributed by atoms with Crippen LogP contribution < -0.4 is 5.32 Å². The summed E-state index contributed by atoms with van der Waals surface area (Å²) in [4.78, 5) is 22.7. The van der Waals surface area contributed by atoms with Crippen LogP contribution in [0.1, 0.15) is 30.4 Å². The maximum Gasteiger partial charge on any atom is 0.348 e. The van der Waals surface area contributed by atoms with Crippen molar-refractivity contribution in [3.63, 3.8) is 0 Å². The molecule has 1 aromatic rings. The van der Waals surface area contributed by atoms with Crippen LogP contribution in [0, 0.1) is 5.41 Å². The van der Waals surface area contributed by atoms with Crippen LogP contribution in [0.4, 0.5) is 5.69 Å². The molecule has 1 rings (SSSR count). The molecule has 0 aliphatic rings. The quantitative estimate of drug-likeness (QED) is 0.882. The number of carbonyl (C=O) groups excluding carboxylic acids is 1. The largest absolute Gasteiger partial charge is 0.477 e. The molecular weight excluding hydrogens is 294 g/mol. The average Bonchev–Trinajstić information content (AvgIpc) is 2.45. The third-order valence-electron chi connectivity index (χ3n) is 1.83. The summed E-state index contributed by atoms with van der Waals surface area (Å²) in [5, 5.41) is 11.5. The minimum absolute atomic E-state index is 0.129. The molecule has 0 fully saturated rings. The van der Waals surface area contributed by atoms with E-state index in [0.717, 1.165) is 11.3 Å². The lowest BCUT2D eigenvalue weighted by atomic mass is 9.95. The molecule has 1 aromatic heterocycles. The molecule has 0 saturated heterocycles. The van der Waals surface area contributed by atoms with Crippen LogP contribution in [0.3, 0.4) is 0 Å². The fourth-order valence-electron chi connectivity index (χ4n) is 0.922. The average molecular weight is 306 g/mol. The third-order valence-corrected chi connectivity index (χ3v) is 3.45. The number of anilines is 1. The minimum atomic E-state index is -1.04. The predicted octanol–water partition coefficient (Wildman–Crippen LogP) is 3.19. The first-order valence-corrected chi connectivity index (χ1v) is 6.17. The number of carboxylic acids is 1. The Hall–Kier alpha value is -0.880. The first-order chi connectivity index (χ1) is 7.21. The molecule has 88 valence electrons.